The molecule has 4 nitrogen and oxygen atoms in total. The molecule has 2 heterocycles. The van der Waals surface area contributed by atoms with E-state index in [2.05, 4.69) is 36.2 Å². The first-order valence-corrected chi connectivity index (χ1v) is 7.06. The molecule has 0 aliphatic heterocycles. The summed E-state index contributed by atoms with van der Waals surface area (Å²) in [5, 5.41) is 9.35. The first-order valence-electron chi connectivity index (χ1n) is 6.18. The minimum Gasteiger partial charge on any atom is -0.339 e. The summed E-state index contributed by atoms with van der Waals surface area (Å²) in [5.41, 5.74) is 0. The predicted molar refractivity (Wildman–Crippen MR) is 73.7 cm³/mol. The molecule has 18 heavy (non-hydrogen) atoms. The summed E-state index contributed by atoms with van der Waals surface area (Å²) in [6.07, 6.45) is 0. The largest absolute Gasteiger partial charge is 0.339 e. The van der Waals surface area contributed by atoms with Crippen molar-refractivity contribution in [3.63, 3.8) is 0 Å². The lowest BCUT2D eigenvalue weighted by Gasteiger charge is -2.23. The Bertz CT molecular complexity index is 478. The SMILES string of the molecule is CNC(C)C(c1nc(-c2cccs2)no1)C(C)C. The highest BCUT2D eigenvalue weighted by atomic mass is 32.1. The molecule has 2 aromatic heterocycles. The first-order chi connectivity index (χ1) is 8.63. The van der Waals surface area contributed by atoms with E-state index < -0.39 is 0 Å². The van der Waals surface area contributed by atoms with Crippen molar-refractivity contribution in [3.8, 4) is 10.7 Å². The van der Waals surface area contributed by atoms with Gasteiger partial charge in [0.15, 0.2) is 0 Å². The van der Waals surface area contributed by atoms with Gasteiger partial charge in [-0.15, -0.1) is 11.3 Å². The number of hydrogen-bond donors (Lipinski definition) is 1. The average molecular weight is 265 g/mol. The maximum atomic E-state index is 5.44. The van der Waals surface area contributed by atoms with Crippen LogP contribution in [-0.4, -0.2) is 23.2 Å². The van der Waals surface area contributed by atoms with Gasteiger partial charge in [-0.25, -0.2) is 0 Å². The molecule has 2 aromatic rings. The van der Waals surface area contributed by atoms with Crippen molar-refractivity contribution in [2.24, 2.45) is 5.92 Å². The Balaban J connectivity index is 2.27. The number of aromatic nitrogens is 2. The highest BCUT2D eigenvalue weighted by molar-refractivity contribution is 7.13. The zero-order chi connectivity index (χ0) is 13.1. The average Bonchev–Trinajstić information content (AvgIpc) is 2.98. The van der Waals surface area contributed by atoms with Gasteiger partial charge in [0.2, 0.25) is 11.7 Å². The summed E-state index contributed by atoms with van der Waals surface area (Å²) in [6, 6.07) is 4.30. The molecule has 0 amide bonds. The second-order valence-corrected chi connectivity index (χ2v) is 5.73. The van der Waals surface area contributed by atoms with Crippen molar-refractivity contribution in [2.45, 2.75) is 32.7 Å². The molecule has 2 unspecified atom stereocenters. The van der Waals surface area contributed by atoms with Crippen LogP contribution >= 0.6 is 11.3 Å². The quantitative estimate of drug-likeness (QED) is 0.902. The van der Waals surface area contributed by atoms with E-state index in [0.717, 1.165) is 10.8 Å². The van der Waals surface area contributed by atoms with Gasteiger partial charge in [-0.1, -0.05) is 25.1 Å². The highest BCUT2D eigenvalue weighted by Crippen LogP contribution is 2.29. The van der Waals surface area contributed by atoms with E-state index in [-0.39, 0.29) is 5.92 Å². The van der Waals surface area contributed by atoms with Crippen LogP contribution in [0.15, 0.2) is 22.0 Å². The number of likely N-dealkylation sites (N-methyl/N-ethyl adjacent to an activating group) is 1. The van der Waals surface area contributed by atoms with Gasteiger partial charge in [-0.05, 0) is 31.3 Å². The summed E-state index contributed by atoms with van der Waals surface area (Å²) in [7, 11) is 1.95. The van der Waals surface area contributed by atoms with Crippen molar-refractivity contribution >= 4 is 11.3 Å². The molecular formula is C13H19N3OS. The van der Waals surface area contributed by atoms with Gasteiger partial charge < -0.3 is 9.84 Å². The normalized spacial score (nSPS) is 14.9. The molecule has 98 valence electrons. The molecule has 0 radical (unpaired) electrons. The molecule has 0 aromatic carbocycles. The van der Waals surface area contributed by atoms with Crippen LogP contribution in [0.5, 0.6) is 0 Å². The second kappa shape index (κ2) is 5.63. The van der Waals surface area contributed by atoms with Gasteiger partial charge in [0.1, 0.15) is 0 Å². The second-order valence-electron chi connectivity index (χ2n) is 4.78. The zero-order valence-corrected chi connectivity index (χ0v) is 12.0. The Morgan fingerprint density at radius 2 is 2.11 bits per heavy atom. The minimum atomic E-state index is 0.233. The van der Waals surface area contributed by atoms with Crippen LogP contribution in [0.25, 0.3) is 10.7 Å². The van der Waals surface area contributed by atoms with E-state index in [9.17, 15) is 0 Å². The lowest BCUT2D eigenvalue weighted by atomic mass is 9.89. The topological polar surface area (TPSA) is 51.0 Å². The van der Waals surface area contributed by atoms with Crippen molar-refractivity contribution in [1.82, 2.24) is 15.5 Å². The van der Waals surface area contributed by atoms with Crippen LogP contribution in [0.2, 0.25) is 0 Å². The third-order valence-corrected chi connectivity index (χ3v) is 4.05. The molecular weight excluding hydrogens is 246 g/mol. The van der Waals surface area contributed by atoms with Gasteiger partial charge in [0, 0.05) is 6.04 Å². The Morgan fingerprint density at radius 3 is 2.67 bits per heavy atom. The Labute approximate surface area is 111 Å². The van der Waals surface area contributed by atoms with Crippen LogP contribution in [-0.2, 0) is 0 Å². The van der Waals surface area contributed by atoms with Crippen LogP contribution in [0.3, 0.4) is 0 Å². The fourth-order valence-corrected chi connectivity index (χ4v) is 2.78. The predicted octanol–water partition coefficient (Wildman–Crippen LogP) is 3.15. The summed E-state index contributed by atoms with van der Waals surface area (Å²) in [5.74, 6) is 2.09. The van der Waals surface area contributed by atoms with Gasteiger partial charge in [-0.3, -0.25) is 0 Å². The molecule has 2 atom stereocenters. The molecule has 1 N–H and O–H groups in total. The van der Waals surface area contributed by atoms with Crippen molar-refractivity contribution < 1.29 is 4.52 Å². The molecule has 2 rings (SSSR count). The van der Waals surface area contributed by atoms with E-state index in [4.69, 9.17) is 4.52 Å². The Kier molecular flexibility index (Phi) is 4.14. The maximum absolute atomic E-state index is 5.44. The number of thiophene rings is 1. The van der Waals surface area contributed by atoms with Crippen LogP contribution in [0.1, 0.15) is 32.6 Å². The molecule has 0 spiro atoms. The van der Waals surface area contributed by atoms with Gasteiger partial charge >= 0.3 is 0 Å². The summed E-state index contributed by atoms with van der Waals surface area (Å²) < 4.78 is 5.44. The van der Waals surface area contributed by atoms with Crippen LogP contribution in [0.4, 0.5) is 0 Å². The molecule has 5 heteroatoms. The molecule has 0 aliphatic rings. The third kappa shape index (κ3) is 2.62. The third-order valence-electron chi connectivity index (χ3n) is 3.18. The molecule has 0 fully saturated rings. The Hall–Kier alpha value is -1.20. The van der Waals surface area contributed by atoms with Crippen molar-refractivity contribution in [1.29, 1.82) is 0 Å². The van der Waals surface area contributed by atoms with Gasteiger partial charge in [-0.2, -0.15) is 4.98 Å². The van der Waals surface area contributed by atoms with E-state index in [0.29, 0.717) is 17.8 Å². The molecule has 0 saturated carbocycles. The minimum absolute atomic E-state index is 0.233. The van der Waals surface area contributed by atoms with E-state index in [1.165, 1.54) is 0 Å². The molecule has 0 aliphatic carbocycles. The van der Waals surface area contributed by atoms with E-state index in [1.807, 2.05) is 24.6 Å². The van der Waals surface area contributed by atoms with E-state index >= 15 is 0 Å². The summed E-state index contributed by atoms with van der Waals surface area (Å²) in [4.78, 5) is 5.58. The van der Waals surface area contributed by atoms with Crippen molar-refractivity contribution in [2.75, 3.05) is 7.05 Å². The number of hydrogen-bond acceptors (Lipinski definition) is 5. The lowest BCUT2D eigenvalue weighted by Crippen LogP contribution is -2.32. The number of nitrogens with one attached hydrogen (secondary N) is 1. The number of rotatable bonds is 5. The van der Waals surface area contributed by atoms with Crippen LogP contribution < -0.4 is 5.32 Å². The zero-order valence-electron chi connectivity index (χ0n) is 11.2. The highest BCUT2D eigenvalue weighted by Gasteiger charge is 2.27. The first kappa shape index (κ1) is 13.2. The molecule has 0 bridgehead atoms. The molecule has 0 saturated heterocycles. The summed E-state index contributed by atoms with van der Waals surface area (Å²) in [6.45, 7) is 6.49. The monoisotopic (exact) mass is 265 g/mol. The maximum Gasteiger partial charge on any atom is 0.231 e. The fourth-order valence-electron chi connectivity index (χ4n) is 2.13. The van der Waals surface area contributed by atoms with Gasteiger partial charge in [0.05, 0.1) is 10.8 Å². The van der Waals surface area contributed by atoms with Gasteiger partial charge in [0.25, 0.3) is 0 Å². The number of nitrogens with zero attached hydrogens (tertiary/aromatic N) is 2. The van der Waals surface area contributed by atoms with E-state index in [1.54, 1.807) is 11.3 Å². The van der Waals surface area contributed by atoms with Crippen LogP contribution in [0, 0.1) is 5.92 Å². The fraction of sp³-hybridized carbons (Fsp3) is 0.538. The smallest absolute Gasteiger partial charge is 0.231 e. The lowest BCUT2D eigenvalue weighted by molar-refractivity contribution is 0.286. The summed E-state index contributed by atoms with van der Waals surface area (Å²) >= 11 is 1.62. The Morgan fingerprint density at radius 1 is 1.33 bits per heavy atom. The standard InChI is InChI=1S/C13H19N3OS/c1-8(2)11(9(3)14-4)13-15-12(16-17-13)10-6-5-7-18-10/h5-9,11,14H,1-4H3. The van der Waals surface area contributed by atoms with Crippen molar-refractivity contribution in [3.05, 3.63) is 23.4 Å².